The van der Waals surface area contributed by atoms with Crippen LogP contribution < -0.4 is 5.32 Å². The number of rotatable bonds is 4. The van der Waals surface area contributed by atoms with Crippen LogP contribution in [-0.4, -0.2) is 12.5 Å². The first-order chi connectivity index (χ1) is 9.59. The molecule has 5 heteroatoms. The van der Waals surface area contributed by atoms with Crippen LogP contribution >= 0.6 is 11.6 Å². The third-order valence-electron chi connectivity index (χ3n) is 2.80. The second-order valence-corrected chi connectivity index (χ2v) is 4.72. The monoisotopic (exact) mass is 295 g/mol. The summed E-state index contributed by atoms with van der Waals surface area (Å²) < 4.78 is 26.5. The van der Waals surface area contributed by atoms with Crippen molar-refractivity contribution in [3.05, 3.63) is 71.3 Å². The predicted molar refractivity (Wildman–Crippen MR) is 73.7 cm³/mol. The summed E-state index contributed by atoms with van der Waals surface area (Å²) in [4.78, 5) is 11.8. The van der Waals surface area contributed by atoms with E-state index in [1.165, 1.54) is 12.1 Å². The fourth-order valence-corrected chi connectivity index (χ4v) is 1.96. The number of hydrogen-bond acceptors (Lipinski definition) is 1. The lowest BCUT2D eigenvalue weighted by Crippen LogP contribution is -2.27. The van der Waals surface area contributed by atoms with Gasteiger partial charge >= 0.3 is 0 Å². The lowest BCUT2D eigenvalue weighted by atomic mass is 10.1. The Bertz CT molecular complexity index is 604. The largest absolute Gasteiger partial charge is 0.350 e. The summed E-state index contributed by atoms with van der Waals surface area (Å²) in [6, 6.07) is 12.6. The Morgan fingerprint density at radius 3 is 2.50 bits per heavy atom. The van der Waals surface area contributed by atoms with Crippen LogP contribution in [0.5, 0.6) is 0 Å². The summed E-state index contributed by atoms with van der Waals surface area (Å²) in [6.45, 7) is 0.125. The van der Waals surface area contributed by atoms with Crippen molar-refractivity contribution in [2.24, 2.45) is 0 Å². The summed E-state index contributed by atoms with van der Waals surface area (Å²) in [7, 11) is 0. The van der Waals surface area contributed by atoms with Gasteiger partial charge in [-0.05, 0) is 17.7 Å². The van der Waals surface area contributed by atoms with Gasteiger partial charge in [0.05, 0.1) is 10.9 Å². The van der Waals surface area contributed by atoms with Crippen molar-refractivity contribution in [1.82, 2.24) is 5.32 Å². The minimum atomic E-state index is -1.16. The van der Waals surface area contributed by atoms with Gasteiger partial charge in [-0.25, -0.2) is 8.78 Å². The quantitative estimate of drug-likeness (QED) is 0.857. The molecule has 1 amide bonds. The Labute approximate surface area is 120 Å². The van der Waals surface area contributed by atoms with E-state index in [2.05, 4.69) is 5.32 Å². The van der Waals surface area contributed by atoms with E-state index in [9.17, 15) is 13.6 Å². The molecule has 104 valence electrons. The van der Waals surface area contributed by atoms with Crippen LogP contribution in [0, 0.1) is 11.6 Å². The fraction of sp³-hybridized carbons (Fsp3) is 0.133. The van der Waals surface area contributed by atoms with Crippen molar-refractivity contribution >= 4 is 17.5 Å². The second kappa shape index (κ2) is 6.48. The average molecular weight is 296 g/mol. The van der Waals surface area contributed by atoms with Gasteiger partial charge in [-0.1, -0.05) is 36.4 Å². The highest BCUT2D eigenvalue weighted by molar-refractivity contribution is 6.21. The molecular formula is C15H12ClF2NO. The normalized spacial score (nSPS) is 11.9. The molecule has 0 saturated heterocycles. The van der Waals surface area contributed by atoms with Gasteiger partial charge in [-0.3, -0.25) is 4.79 Å². The first kappa shape index (κ1) is 14.5. The first-order valence-corrected chi connectivity index (χ1v) is 6.44. The molecule has 2 nitrogen and oxygen atoms in total. The van der Waals surface area contributed by atoms with E-state index >= 15 is 0 Å². The Morgan fingerprint density at radius 2 is 1.80 bits per heavy atom. The Balaban J connectivity index is 2.01. The third-order valence-corrected chi connectivity index (χ3v) is 3.21. The number of alkyl halides is 1. The third kappa shape index (κ3) is 3.33. The highest BCUT2D eigenvalue weighted by atomic mass is 35.5. The SMILES string of the molecule is O=C(NCC(Cl)c1ccccc1)c1cccc(F)c1F. The summed E-state index contributed by atoms with van der Waals surface area (Å²) in [5, 5.41) is 2.05. The summed E-state index contributed by atoms with van der Waals surface area (Å²) in [6.07, 6.45) is 0. The van der Waals surface area contributed by atoms with Gasteiger partial charge in [-0.15, -0.1) is 11.6 Å². The average Bonchev–Trinajstić information content (AvgIpc) is 2.48. The van der Waals surface area contributed by atoms with Gasteiger partial charge in [-0.2, -0.15) is 0 Å². The maximum atomic E-state index is 13.4. The lowest BCUT2D eigenvalue weighted by molar-refractivity contribution is 0.0948. The van der Waals surface area contributed by atoms with Gasteiger partial charge in [0.1, 0.15) is 0 Å². The number of carbonyl (C=O) groups is 1. The lowest BCUT2D eigenvalue weighted by Gasteiger charge is -2.11. The zero-order chi connectivity index (χ0) is 14.5. The molecule has 2 aromatic carbocycles. The molecule has 0 heterocycles. The smallest absolute Gasteiger partial charge is 0.254 e. The van der Waals surface area contributed by atoms with E-state index in [-0.39, 0.29) is 12.1 Å². The fourth-order valence-electron chi connectivity index (χ4n) is 1.74. The van der Waals surface area contributed by atoms with E-state index < -0.39 is 22.9 Å². The number of benzene rings is 2. The zero-order valence-electron chi connectivity index (χ0n) is 10.4. The van der Waals surface area contributed by atoms with Crippen LogP contribution in [0.3, 0.4) is 0 Å². The Morgan fingerprint density at radius 1 is 1.10 bits per heavy atom. The molecule has 1 N–H and O–H groups in total. The molecule has 0 aliphatic rings. The van der Waals surface area contributed by atoms with Crippen LogP contribution in [0.2, 0.25) is 0 Å². The summed E-state index contributed by atoms with van der Waals surface area (Å²) in [5.41, 5.74) is 0.510. The second-order valence-electron chi connectivity index (χ2n) is 4.19. The number of carbonyl (C=O) groups excluding carboxylic acids is 1. The Kier molecular flexibility index (Phi) is 4.69. The van der Waals surface area contributed by atoms with Gasteiger partial charge < -0.3 is 5.32 Å². The van der Waals surface area contributed by atoms with Crippen molar-refractivity contribution in [1.29, 1.82) is 0 Å². The highest BCUT2D eigenvalue weighted by Crippen LogP contribution is 2.19. The molecule has 0 spiro atoms. The summed E-state index contributed by atoms with van der Waals surface area (Å²) >= 11 is 6.13. The van der Waals surface area contributed by atoms with E-state index in [4.69, 9.17) is 11.6 Å². The van der Waals surface area contributed by atoms with Crippen molar-refractivity contribution < 1.29 is 13.6 Å². The number of amides is 1. The molecule has 2 rings (SSSR count). The molecule has 2 aromatic rings. The highest BCUT2D eigenvalue weighted by Gasteiger charge is 2.16. The Hall–Kier alpha value is -1.94. The van der Waals surface area contributed by atoms with Crippen LogP contribution in [0.15, 0.2) is 48.5 Å². The van der Waals surface area contributed by atoms with E-state index in [1.54, 1.807) is 0 Å². The minimum absolute atomic E-state index is 0.125. The van der Waals surface area contributed by atoms with Crippen LogP contribution in [0.25, 0.3) is 0 Å². The summed E-state index contributed by atoms with van der Waals surface area (Å²) in [5.74, 6) is -2.90. The first-order valence-electron chi connectivity index (χ1n) is 6.01. The number of hydrogen-bond donors (Lipinski definition) is 1. The molecular weight excluding hydrogens is 284 g/mol. The molecule has 1 unspecified atom stereocenters. The van der Waals surface area contributed by atoms with Crippen LogP contribution in [0.4, 0.5) is 8.78 Å². The van der Waals surface area contributed by atoms with Gasteiger partial charge in [0.15, 0.2) is 11.6 Å². The maximum Gasteiger partial charge on any atom is 0.254 e. The van der Waals surface area contributed by atoms with Gasteiger partial charge in [0.2, 0.25) is 0 Å². The molecule has 20 heavy (non-hydrogen) atoms. The molecule has 0 radical (unpaired) electrons. The minimum Gasteiger partial charge on any atom is -0.350 e. The zero-order valence-corrected chi connectivity index (χ0v) is 11.2. The molecule has 0 saturated carbocycles. The standard InChI is InChI=1S/C15H12ClF2NO/c16-12(10-5-2-1-3-6-10)9-19-15(20)11-7-4-8-13(17)14(11)18/h1-8,12H,9H2,(H,19,20). The molecule has 0 aromatic heterocycles. The van der Waals surface area contributed by atoms with Crippen LogP contribution in [-0.2, 0) is 0 Å². The van der Waals surface area contributed by atoms with E-state index in [0.717, 1.165) is 11.6 Å². The van der Waals surface area contributed by atoms with E-state index in [1.807, 2.05) is 30.3 Å². The molecule has 1 atom stereocenters. The van der Waals surface area contributed by atoms with Crippen molar-refractivity contribution in [2.45, 2.75) is 5.38 Å². The molecule has 0 aliphatic carbocycles. The van der Waals surface area contributed by atoms with Crippen molar-refractivity contribution in [2.75, 3.05) is 6.54 Å². The van der Waals surface area contributed by atoms with Gasteiger partial charge in [0, 0.05) is 6.54 Å². The van der Waals surface area contributed by atoms with Crippen LogP contribution in [0.1, 0.15) is 21.3 Å². The van der Waals surface area contributed by atoms with Crippen molar-refractivity contribution in [3.63, 3.8) is 0 Å². The van der Waals surface area contributed by atoms with E-state index in [0.29, 0.717) is 0 Å². The topological polar surface area (TPSA) is 29.1 Å². The molecule has 0 aliphatic heterocycles. The van der Waals surface area contributed by atoms with Gasteiger partial charge in [0.25, 0.3) is 5.91 Å². The number of nitrogens with one attached hydrogen (secondary N) is 1. The molecule has 0 fully saturated rings. The number of halogens is 3. The predicted octanol–water partition coefficient (Wildman–Crippen LogP) is 3.67. The van der Waals surface area contributed by atoms with Crippen molar-refractivity contribution in [3.8, 4) is 0 Å². The molecule has 0 bridgehead atoms. The maximum absolute atomic E-state index is 13.4.